The number of rotatable bonds is 4. The minimum atomic E-state index is -3.68. The molecule has 7 heteroatoms. The van der Waals surface area contributed by atoms with Gasteiger partial charge in [0.1, 0.15) is 6.04 Å². The number of esters is 1. The highest BCUT2D eigenvalue weighted by Gasteiger charge is 2.47. The van der Waals surface area contributed by atoms with E-state index in [1.807, 2.05) is 0 Å². The Morgan fingerprint density at radius 3 is 2.75 bits per heavy atom. The van der Waals surface area contributed by atoms with Gasteiger partial charge in [0.05, 0.1) is 6.61 Å². The fourth-order valence-corrected chi connectivity index (χ4v) is 1.71. The number of halogens is 3. The molecule has 0 amide bonds. The van der Waals surface area contributed by atoms with E-state index in [1.165, 1.54) is 29.7 Å². The normalized spacial score (nSPS) is 12.8. The molecule has 0 spiro atoms. The summed E-state index contributed by atoms with van der Waals surface area (Å²) in [4.78, 5) is 11.0. The van der Waals surface area contributed by atoms with Crippen LogP contribution >= 0.6 is 23.7 Å². The maximum Gasteiger partial charge on any atom is 0.379 e. The summed E-state index contributed by atoms with van der Waals surface area (Å²) >= 11 is 1.24. The van der Waals surface area contributed by atoms with Gasteiger partial charge in [0.25, 0.3) is 0 Å². The molecule has 0 aliphatic carbocycles. The van der Waals surface area contributed by atoms with Crippen LogP contribution in [0.4, 0.5) is 8.78 Å². The summed E-state index contributed by atoms with van der Waals surface area (Å²) in [5.41, 5.74) is 5.54. The first-order chi connectivity index (χ1) is 7.00. The van der Waals surface area contributed by atoms with Crippen LogP contribution in [0.25, 0.3) is 0 Å². The third kappa shape index (κ3) is 3.13. The van der Waals surface area contributed by atoms with Gasteiger partial charge in [0.2, 0.25) is 0 Å². The molecular weight excluding hydrogens is 260 g/mol. The highest BCUT2D eigenvalue weighted by atomic mass is 35.5. The molecule has 0 aliphatic rings. The molecule has 1 aromatic rings. The van der Waals surface area contributed by atoms with E-state index in [0.717, 1.165) is 0 Å². The molecule has 16 heavy (non-hydrogen) atoms. The first kappa shape index (κ1) is 15.3. The lowest BCUT2D eigenvalue weighted by Crippen LogP contribution is -2.41. The minimum Gasteiger partial charge on any atom is -0.462 e. The molecule has 0 saturated carbocycles. The molecule has 0 bridgehead atoms. The highest BCUT2D eigenvalue weighted by Crippen LogP contribution is 2.31. The molecule has 0 unspecified atom stereocenters. The Balaban J connectivity index is 0.00000225. The maximum absolute atomic E-state index is 13.4. The molecule has 0 fully saturated rings. The fourth-order valence-electron chi connectivity index (χ4n) is 1.02. The van der Waals surface area contributed by atoms with E-state index in [4.69, 9.17) is 5.73 Å². The standard InChI is InChI=1S/C9H11F2NO2S.ClH/c1-2-14-8(13)9(10,11)7(12)6-3-4-15-5-6;/h3-5,7H,2,12H2,1H3;1H/t7-;/m1./s1. The first-order valence-corrected chi connectivity index (χ1v) is 5.27. The van der Waals surface area contributed by atoms with Crippen molar-refractivity contribution in [2.45, 2.75) is 18.9 Å². The van der Waals surface area contributed by atoms with Crippen molar-refractivity contribution in [1.82, 2.24) is 0 Å². The lowest BCUT2D eigenvalue weighted by Gasteiger charge is -2.20. The minimum absolute atomic E-state index is 0. The Hall–Kier alpha value is -0.720. The number of hydrogen-bond acceptors (Lipinski definition) is 4. The zero-order valence-corrected chi connectivity index (χ0v) is 10.1. The number of carbonyl (C=O) groups is 1. The van der Waals surface area contributed by atoms with E-state index in [-0.39, 0.29) is 24.6 Å². The Morgan fingerprint density at radius 2 is 2.31 bits per heavy atom. The highest BCUT2D eigenvalue weighted by molar-refractivity contribution is 7.07. The molecular formula is C9H12ClF2NO2S. The molecule has 92 valence electrons. The van der Waals surface area contributed by atoms with Gasteiger partial charge in [0.15, 0.2) is 0 Å². The number of nitrogens with two attached hydrogens (primary N) is 1. The lowest BCUT2D eigenvalue weighted by atomic mass is 10.1. The summed E-state index contributed by atoms with van der Waals surface area (Å²) < 4.78 is 31.0. The van der Waals surface area contributed by atoms with Crippen molar-refractivity contribution in [3.8, 4) is 0 Å². The van der Waals surface area contributed by atoms with Crippen molar-refractivity contribution in [1.29, 1.82) is 0 Å². The van der Waals surface area contributed by atoms with Crippen molar-refractivity contribution >= 4 is 29.7 Å². The van der Waals surface area contributed by atoms with Gasteiger partial charge in [-0.25, -0.2) is 4.79 Å². The van der Waals surface area contributed by atoms with Gasteiger partial charge in [-0.3, -0.25) is 0 Å². The van der Waals surface area contributed by atoms with E-state index in [1.54, 1.807) is 5.38 Å². The van der Waals surface area contributed by atoms with Crippen LogP contribution in [0.1, 0.15) is 18.5 Å². The van der Waals surface area contributed by atoms with E-state index < -0.39 is 17.9 Å². The molecule has 1 heterocycles. The topological polar surface area (TPSA) is 52.3 Å². The molecule has 2 N–H and O–H groups in total. The summed E-state index contributed by atoms with van der Waals surface area (Å²) in [5, 5.41) is 3.11. The van der Waals surface area contributed by atoms with Crippen molar-refractivity contribution < 1.29 is 18.3 Å². The van der Waals surface area contributed by atoms with Gasteiger partial charge in [-0.05, 0) is 29.3 Å². The Labute approximate surface area is 102 Å². The second-order valence-corrected chi connectivity index (χ2v) is 3.66. The largest absolute Gasteiger partial charge is 0.462 e. The van der Waals surface area contributed by atoms with Crippen LogP contribution in [0, 0.1) is 0 Å². The Bertz CT molecular complexity index is 332. The van der Waals surface area contributed by atoms with Crippen LogP contribution in [0.5, 0.6) is 0 Å². The number of hydrogen-bond donors (Lipinski definition) is 1. The predicted octanol–water partition coefficient (Wildman–Crippen LogP) is 2.37. The summed E-state index contributed by atoms with van der Waals surface area (Å²) in [6, 6.07) is -0.189. The van der Waals surface area contributed by atoms with Gasteiger partial charge < -0.3 is 10.5 Å². The zero-order chi connectivity index (χ0) is 11.5. The molecule has 0 saturated heterocycles. The summed E-state index contributed by atoms with van der Waals surface area (Å²) in [7, 11) is 0. The van der Waals surface area contributed by atoms with E-state index in [9.17, 15) is 13.6 Å². The van der Waals surface area contributed by atoms with Crippen LogP contribution in [0.15, 0.2) is 16.8 Å². The van der Waals surface area contributed by atoms with Crippen molar-refractivity contribution in [3.63, 3.8) is 0 Å². The third-order valence-corrected chi connectivity index (χ3v) is 2.54. The lowest BCUT2D eigenvalue weighted by molar-refractivity contribution is -0.174. The predicted molar refractivity (Wildman–Crippen MR) is 60.1 cm³/mol. The van der Waals surface area contributed by atoms with Crippen molar-refractivity contribution in [2.24, 2.45) is 5.73 Å². The van der Waals surface area contributed by atoms with Gasteiger partial charge in [-0.1, -0.05) is 0 Å². The second-order valence-electron chi connectivity index (χ2n) is 2.88. The molecule has 0 aliphatic heterocycles. The Kier molecular flexibility index (Phi) is 5.85. The number of ether oxygens (including phenoxy) is 1. The van der Waals surface area contributed by atoms with E-state index in [2.05, 4.69) is 4.74 Å². The maximum atomic E-state index is 13.4. The smallest absolute Gasteiger partial charge is 0.379 e. The number of alkyl halides is 2. The van der Waals surface area contributed by atoms with Gasteiger partial charge in [-0.15, -0.1) is 12.4 Å². The Morgan fingerprint density at radius 1 is 1.69 bits per heavy atom. The summed E-state index contributed by atoms with van der Waals surface area (Å²) in [6.45, 7) is 1.37. The summed E-state index contributed by atoms with van der Waals surface area (Å²) in [6.07, 6.45) is 0. The van der Waals surface area contributed by atoms with Gasteiger partial charge in [0, 0.05) is 0 Å². The molecule has 1 rings (SSSR count). The van der Waals surface area contributed by atoms with Gasteiger partial charge in [-0.2, -0.15) is 20.1 Å². The van der Waals surface area contributed by atoms with E-state index >= 15 is 0 Å². The van der Waals surface area contributed by atoms with Gasteiger partial charge >= 0.3 is 11.9 Å². The molecule has 1 atom stereocenters. The molecule has 3 nitrogen and oxygen atoms in total. The third-order valence-electron chi connectivity index (χ3n) is 1.84. The van der Waals surface area contributed by atoms with Crippen LogP contribution < -0.4 is 5.73 Å². The SMILES string of the molecule is CCOC(=O)C(F)(F)[C@H](N)c1ccsc1.Cl. The van der Waals surface area contributed by atoms with E-state index in [0.29, 0.717) is 0 Å². The van der Waals surface area contributed by atoms with Crippen molar-refractivity contribution in [2.75, 3.05) is 6.61 Å². The quantitative estimate of drug-likeness (QED) is 0.856. The second kappa shape index (κ2) is 6.12. The monoisotopic (exact) mass is 271 g/mol. The average Bonchev–Trinajstić information content (AvgIpc) is 2.69. The number of thiophene rings is 1. The van der Waals surface area contributed by atoms with Crippen LogP contribution in [0.3, 0.4) is 0 Å². The van der Waals surface area contributed by atoms with Crippen LogP contribution in [0.2, 0.25) is 0 Å². The number of carbonyl (C=O) groups excluding carboxylic acids is 1. The average molecular weight is 272 g/mol. The molecule has 0 aromatic carbocycles. The molecule has 0 radical (unpaired) electrons. The summed E-state index contributed by atoms with van der Waals surface area (Å²) in [5.74, 6) is -5.26. The zero-order valence-electron chi connectivity index (χ0n) is 8.48. The molecule has 1 aromatic heterocycles. The van der Waals surface area contributed by atoms with Crippen molar-refractivity contribution in [3.05, 3.63) is 22.4 Å². The van der Waals surface area contributed by atoms with Crippen LogP contribution in [-0.2, 0) is 9.53 Å². The fraction of sp³-hybridized carbons (Fsp3) is 0.444. The first-order valence-electron chi connectivity index (χ1n) is 4.32. The van der Waals surface area contributed by atoms with Crippen LogP contribution in [-0.4, -0.2) is 18.5 Å².